The van der Waals surface area contributed by atoms with E-state index >= 15 is 0 Å². The standard InChI is InChI=1S/C17H24N2O2/c1-2-9-16(20)18-15-11-6-5-10-14(15)17(21)19-12-7-3-4-8-13-19/h5-6,10-11H,2-4,7-9,12-13H2,1H3,(H,18,20). The van der Waals surface area contributed by atoms with Crippen LogP contribution >= 0.6 is 0 Å². The van der Waals surface area contributed by atoms with Crippen molar-refractivity contribution in [1.82, 2.24) is 4.90 Å². The summed E-state index contributed by atoms with van der Waals surface area (Å²) >= 11 is 0. The van der Waals surface area contributed by atoms with Crippen molar-refractivity contribution in [2.24, 2.45) is 0 Å². The third-order valence-electron chi connectivity index (χ3n) is 3.80. The number of para-hydroxylation sites is 1. The van der Waals surface area contributed by atoms with Crippen LogP contribution in [-0.2, 0) is 4.79 Å². The Labute approximate surface area is 126 Å². The van der Waals surface area contributed by atoms with E-state index in [1.807, 2.05) is 24.0 Å². The van der Waals surface area contributed by atoms with Gasteiger partial charge >= 0.3 is 0 Å². The first-order chi connectivity index (χ1) is 10.2. The van der Waals surface area contributed by atoms with Crippen LogP contribution in [0.2, 0.25) is 0 Å². The van der Waals surface area contributed by atoms with Crippen molar-refractivity contribution in [3.05, 3.63) is 29.8 Å². The topological polar surface area (TPSA) is 49.4 Å². The van der Waals surface area contributed by atoms with Crippen molar-refractivity contribution in [3.63, 3.8) is 0 Å². The van der Waals surface area contributed by atoms with Crippen LogP contribution in [0.1, 0.15) is 55.8 Å². The van der Waals surface area contributed by atoms with Crippen LogP contribution in [0.4, 0.5) is 5.69 Å². The molecule has 4 nitrogen and oxygen atoms in total. The maximum atomic E-state index is 12.7. The second-order valence-electron chi connectivity index (χ2n) is 5.55. The number of nitrogens with zero attached hydrogens (tertiary/aromatic N) is 1. The molecule has 0 saturated carbocycles. The molecule has 0 aromatic heterocycles. The number of benzene rings is 1. The molecule has 2 rings (SSSR count). The molecule has 0 unspecified atom stereocenters. The molecule has 114 valence electrons. The van der Waals surface area contributed by atoms with Crippen molar-refractivity contribution < 1.29 is 9.59 Å². The molecule has 1 saturated heterocycles. The molecule has 1 fully saturated rings. The Kier molecular flexibility index (Phi) is 5.78. The Bertz CT molecular complexity index is 491. The van der Waals surface area contributed by atoms with Gasteiger partial charge in [0.15, 0.2) is 0 Å². The van der Waals surface area contributed by atoms with Gasteiger partial charge < -0.3 is 10.2 Å². The zero-order valence-electron chi connectivity index (χ0n) is 12.7. The second-order valence-corrected chi connectivity index (χ2v) is 5.55. The molecule has 0 radical (unpaired) electrons. The number of amides is 2. The highest BCUT2D eigenvalue weighted by Crippen LogP contribution is 2.20. The summed E-state index contributed by atoms with van der Waals surface area (Å²) < 4.78 is 0. The van der Waals surface area contributed by atoms with Crippen molar-refractivity contribution in [2.75, 3.05) is 18.4 Å². The smallest absolute Gasteiger partial charge is 0.255 e. The highest BCUT2D eigenvalue weighted by atomic mass is 16.2. The summed E-state index contributed by atoms with van der Waals surface area (Å²) in [4.78, 5) is 26.4. The lowest BCUT2D eigenvalue weighted by Crippen LogP contribution is -2.32. The van der Waals surface area contributed by atoms with Gasteiger partial charge in [-0.05, 0) is 31.4 Å². The summed E-state index contributed by atoms with van der Waals surface area (Å²) in [6.07, 6.45) is 5.80. The fourth-order valence-corrected chi connectivity index (χ4v) is 2.66. The molecule has 0 atom stereocenters. The van der Waals surface area contributed by atoms with Crippen LogP contribution in [0.3, 0.4) is 0 Å². The molecule has 1 heterocycles. The van der Waals surface area contributed by atoms with E-state index in [2.05, 4.69) is 5.32 Å². The first-order valence-electron chi connectivity index (χ1n) is 7.90. The fraction of sp³-hybridized carbons (Fsp3) is 0.529. The highest BCUT2D eigenvalue weighted by molar-refractivity contribution is 6.03. The van der Waals surface area contributed by atoms with Crippen LogP contribution in [0.5, 0.6) is 0 Å². The Morgan fingerprint density at radius 3 is 2.43 bits per heavy atom. The van der Waals surface area contributed by atoms with Crippen LogP contribution in [0, 0.1) is 0 Å². The predicted molar refractivity (Wildman–Crippen MR) is 84.4 cm³/mol. The molecular formula is C17H24N2O2. The predicted octanol–water partition coefficient (Wildman–Crippen LogP) is 3.44. The Hall–Kier alpha value is -1.84. The molecule has 1 aliphatic heterocycles. The summed E-state index contributed by atoms with van der Waals surface area (Å²) in [5.74, 6) is -0.00193. The summed E-state index contributed by atoms with van der Waals surface area (Å²) in [5.41, 5.74) is 1.23. The van der Waals surface area contributed by atoms with E-state index in [9.17, 15) is 9.59 Å². The molecule has 1 aliphatic rings. The van der Waals surface area contributed by atoms with Crippen LogP contribution in [0.15, 0.2) is 24.3 Å². The number of hydrogen-bond donors (Lipinski definition) is 1. The van der Waals surface area contributed by atoms with Crippen molar-refractivity contribution in [2.45, 2.75) is 45.4 Å². The largest absolute Gasteiger partial charge is 0.339 e. The molecule has 0 spiro atoms. The van der Waals surface area contributed by atoms with Gasteiger partial charge in [0.25, 0.3) is 5.91 Å². The molecule has 2 amide bonds. The summed E-state index contributed by atoms with van der Waals surface area (Å²) in [6, 6.07) is 7.30. The number of rotatable bonds is 4. The SMILES string of the molecule is CCCC(=O)Nc1ccccc1C(=O)N1CCCCCC1. The number of carbonyl (C=O) groups is 2. The summed E-state index contributed by atoms with van der Waals surface area (Å²) in [5, 5.41) is 2.86. The first kappa shape index (κ1) is 15.5. The van der Waals surface area contributed by atoms with Gasteiger partial charge in [0, 0.05) is 19.5 Å². The third-order valence-corrected chi connectivity index (χ3v) is 3.80. The van der Waals surface area contributed by atoms with E-state index in [0.717, 1.165) is 32.4 Å². The quantitative estimate of drug-likeness (QED) is 0.922. The zero-order chi connectivity index (χ0) is 15.1. The Morgan fingerprint density at radius 1 is 1.10 bits per heavy atom. The monoisotopic (exact) mass is 288 g/mol. The van der Waals surface area contributed by atoms with E-state index in [1.165, 1.54) is 12.8 Å². The molecule has 1 aromatic rings. The second kappa shape index (κ2) is 7.81. The van der Waals surface area contributed by atoms with Crippen LogP contribution in [0.25, 0.3) is 0 Å². The van der Waals surface area contributed by atoms with E-state index in [0.29, 0.717) is 17.7 Å². The summed E-state index contributed by atoms with van der Waals surface area (Å²) in [6.45, 7) is 3.60. The van der Waals surface area contributed by atoms with E-state index in [-0.39, 0.29) is 11.8 Å². The van der Waals surface area contributed by atoms with E-state index in [4.69, 9.17) is 0 Å². The lowest BCUT2D eigenvalue weighted by molar-refractivity contribution is -0.116. The Morgan fingerprint density at radius 2 is 1.76 bits per heavy atom. The molecular weight excluding hydrogens is 264 g/mol. The molecule has 0 bridgehead atoms. The minimum atomic E-state index is -0.0337. The minimum Gasteiger partial charge on any atom is -0.339 e. The number of hydrogen-bond acceptors (Lipinski definition) is 2. The molecule has 4 heteroatoms. The first-order valence-corrected chi connectivity index (χ1v) is 7.90. The number of anilines is 1. The van der Waals surface area contributed by atoms with E-state index in [1.54, 1.807) is 12.1 Å². The van der Waals surface area contributed by atoms with Gasteiger partial charge in [0.2, 0.25) is 5.91 Å². The lowest BCUT2D eigenvalue weighted by Gasteiger charge is -2.22. The summed E-state index contributed by atoms with van der Waals surface area (Å²) in [7, 11) is 0. The van der Waals surface area contributed by atoms with Gasteiger partial charge in [-0.25, -0.2) is 0 Å². The van der Waals surface area contributed by atoms with Crippen molar-refractivity contribution in [3.8, 4) is 0 Å². The van der Waals surface area contributed by atoms with Gasteiger partial charge in [-0.15, -0.1) is 0 Å². The highest BCUT2D eigenvalue weighted by Gasteiger charge is 2.20. The van der Waals surface area contributed by atoms with Gasteiger partial charge in [0.05, 0.1) is 11.3 Å². The fourth-order valence-electron chi connectivity index (χ4n) is 2.66. The average Bonchev–Trinajstić information content (AvgIpc) is 2.76. The Balaban J connectivity index is 2.14. The van der Waals surface area contributed by atoms with Gasteiger partial charge in [0.1, 0.15) is 0 Å². The third kappa shape index (κ3) is 4.31. The van der Waals surface area contributed by atoms with Crippen LogP contribution in [-0.4, -0.2) is 29.8 Å². The maximum absolute atomic E-state index is 12.7. The molecule has 21 heavy (non-hydrogen) atoms. The maximum Gasteiger partial charge on any atom is 0.255 e. The number of carbonyl (C=O) groups excluding carboxylic acids is 2. The molecule has 1 N–H and O–H groups in total. The number of nitrogens with one attached hydrogen (secondary N) is 1. The lowest BCUT2D eigenvalue weighted by atomic mass is 10.1. The number of likely N-dealkylation sites (tertiary alicyclic amines) is 1. The molecule has 1 aromatic carbocycles. The minimum absolute atomic E-state index is 0.0318. The van der Waals surface area contributed by atoms with Gasteiger partial charge in [-0.1, -0.05) is 31.9 Å². The van der Waals surface area contributed by atoms with Crippen molar-refractivity contribution >= 4 is 17.5 Å². The molecule has 0 aliphatic carbocycles. The van der Waals surface area contributed by atoms with Crippen molar-refractivity contribution in [1.29, 1.82) is 0 Å². The van der Waals surface area contributed by atoms with Crippen LogP contribution < -0.4 is 5.32 Å². The normalized spacial score (nSPS) is 15.4. The average molecular weight is 288 g/mol. The van der Waals surface area contributed by atoms with E-state index < -0.39 is 0 Å². The zero-order valence-corrected chi connectivity index (χ0v) is 12.7. The van der Waals surface area contributed by atoms with Gasteiger partial charge in [-0.3, -0.25) is 9.59 Å². The van der Waals surface area contributed by atoms with Gasteiger partial charge in [-0.2, -0.15) is 0 Å².